The molecular weight excluding hydrogens is 593 g/mol. The van der Waals surface area contributed by atoms with E-state index < -0.39 is 28.5 Å². The summed E-state index contributed by atoms with van der Waals surface area (Å²) in [4.78, 5) is 29.0. The fraction of sp³-hybridized carbons (Fsp3) is 0.310. The van der Waals surface area contributed by atoms with Crippen molar-refractivity contribution in [2.45, 2.75) is 38.8 Å². The van der Waals surface area contributed by atoms with Gasteiger partial charge in [-0.2, -0.15) is 0 Å². The van der Waals surface area contributed by atoms with Crippen LogP contribution >= 0.6 is 34.8 Å². The maximum atomic E-state index is 14.0. The van der Waals surface area contributed by atoms with Crippen molar-refractivity contribution in [1.29, 1.82) is 0 Å². The summed E-state index contributed by atoms with van der Waals surface area (Å²) in [6.07, 6.45) is 2.92. The quantitative estimate of drug-likeness (QED) is 0.238. The summed E-state index contributed by atoms with van der Waals surface area (Å²) in [5.74, 6) is -0.888. The molecule has 0 aliphatic carbocycles. The molecular formula is C29H32Cl3N3O4S. The molecule has 40 heavy (non-hydrogen) atoms. The van der Waals surface area contributed by atoms with Crippen LogP contribution in [-0.4, -0.2) is 50.5 Å². The molecule has 0 radical (unpaired) electrons. The van der Waals surface area contributed by atoms with Crippen LogP contribution < -0.4 is 9.62 Å². The normalized spacial score (nSPS) is 12.0. The van der Waals surface area contributed by atoms with E-state index in [9.17, 15) is 18.0 Å². The largest absolute Gasteiger partial charge is 0.354 e. The first kappa shape index (κ1) is 31.7. The molecule has 2 amide bonds. The topological polar surface area (TPSA) is 86.8 Å². The summed E-state index contributed by atoms with van der Waals surface area (Å²) in [6, 6.07) is 19.5. The van der Waals surface area contributed by atoms with Crippen LogP contribution in [0.5, 0.6) is 0 Å². The zero-order chi connectivity index (χ0) is 29.3. The second-order valence-electron chi connectivity index (χ2n) is 9.37. The zero-order valence-electron chi connectivity index (χ0n) is 22.3. The van der Waals surface area contributed by atoms with E-state index in [2.05, 4.69) is 5.32 Å². The molecule has 3 aromatic rings. The van der Waals surface area contributed by atoms with E-state index in [1.54, 1.807) is 30.3 Å². The van der Waals surface area contributed by atoms with E-state index in [-0.39, 0.29) is 24.6 Å². The Morgan fingerprint density at radius 2 is 1.57 bits per heavy atom. The van der Waals surface area contributed by atoms with Crippen LogP contribution in [0, 0.1) is 0 Å². The van der Waals surface area contributed by atoms with Gasteiger partial charge in [0.25, 0.3) is 0 Å². The fourth-order valence-electron chi connectivity index (χ4n) is 4.12. The molecule has 3 aromatic carbocycles. The number of sulfonamides is 1. The van der Waals surface area contributed by atoms with Crippen LogP contribution in [0.3, 0.4) is 0 Å². The van der Waals surface area contributed by atoms with E-state index >= 15 is 0 Å². The molecule has 0 aromatic heterocycles. The smallest absolute Gasteiger partial charge is 0.244 e. The molecule has 0 saturated carbocycles. The Bertz CT molecular complexity index is 1400. The van der Waals surface area contributed by atoms with Crippen molar-refractivity contribution in [3.8, 4) is 0 Å². The predicted molar refractivity (Wildman–Crippen MR) is 163 cm³/mol. The summed E-state index contributed by atoms with van der Waals surface area (Å²) in [7, 11) is -3.86. The van der Waals surface area contributed by atoms with Gasteiger partial charge >= 0.3 is 0 Å². The van der Waals surface area contributed by atoms with Crippen LogP contribution in [0.15, 0.2) is 72.8 Å². The minimum atomic E-state index is -3.86. The minimum Gasteiger partial charge on any atom is -0.354 e. The molecule has 3 rings (SSSR count). The van der Waals surface area contributed by atoms with Crippen molar-refractivity contribution in [2.75, 3.05) is 23.7 Å². The Labute approximate surface area is 251 Å². The highest BCUT2D eigenvalue weighted by Crippen LogP contribution is 2.25. The Hall–Kier alpha value is -2.78. The lowest BCUT2D eigenvalue weighted by molar-refractivity contribution is -0.140. The monoisotopic (exact) mass is 623 g/mol. The van der Waals surface area contributed by atoms with Crippen molar-refractivity contribution in [1.82, 2.24) is 10.2 Å². The van der Waals surface area contributed by atoms with Crippen LogP contribution in [0.4, 0.5) is 5.69 Å². The molecule has 1 N–H and O–H groups in total. The number of unbranched alkanes of at least 4 members (excludes halogenated alkanes) is 1. The highest BCUT2D eigenvalue weighted by molar-refractivity contribution is 7.92. The number of rotatable bonds is 13. The van der Waals surface area contributed by atoms with Crippen molar-refractivity contribution < 1.29 is 18.0 Å². The number of hydrogen-bond donors (Lipinski definition) is 1. The predicted octanol–water partition coefficient (Wildman–Crippen LogP) is 5.97. The van der Waals surface area contributed by atoms with Gasteiger partial charge in [0.1, 0.15) is 12.6 Å². The molecule has 0 fully saturated rings. The average Bonchev–Trinajstić information content (AvgIpc) is 2.91. The highest BCUT2D eigenvalue weighted by Gasteiger charge is 2.33. The van der Waals surface area contributed by atoms with Gasteiger partial charge in [-0.3, -0.25) is 13.9 Å². The maximum absolute atomic E-state index is 14.0. The number of nitrogens with one attached hydrogen (secondary N) is 1. The van der Waals surface area contributed by atoms with Gasteiger partial charge in [0.2, 0.25) is 21.8 Å². The molecule has 0 saturated heterocycles. The molecule has 0 heterocycles. The van der Waals surface area contributed by atoms with Crippen molar-refractivity contribution >= 4 is 62.3 Å². The molecule has 7 nitrogen and oxygen atoms in total. The lowest BCUT2D eigenvalue weighted by atomic mass is 10.0. The number of halogens is 3. The number of anilines is 1. The molecule has 1 unspecified atom stereocenters. The van der Waals surface area contributed by atoms with Crippen LogP contribution in [0.2, 0.25) is 15.1 Å². The SMILES string of the molecule is CCCCNC(=O)C(Cc1ccccc1)N(Cc1ccc(Cl)c(Cl)c1)C(=O)CN(c1ccc(Cl)cc1)S(C)(=O)=O. The van der Waals surface area contributed by atoms with Crippen LogP contribution in [0.25, 0.3) is 0 Å². The summed E-state index contributed by atoms with van der Waals surface area (Å²) in [5.41, 5.74) is 1.77. The molecule has 11 heteroatoms. The average molecular weight is 625 g/mol. The van der Waals surface area contributed by atoms with E-state index in [0.717, 1.165) is 29.0 Å². The first-order valence-corrected chi connectivity index (χ1v) is 15.8. The van der Waals surface area contributed by atoms with Gasteiger partial charge in [0.05, 0.1) is 22.0 Å². The first-order valence-electron chi connectivity index (χ1n) is 12.8. The van der Waals surface area contributed by atoms with Gasteiger partial charge in [-0.05, 0) is 53.9 Å². The third-order valence-electron chi connectivity index (χ3n) is 6.23. The summed E-state index contributed by atoms with van der Waals surface area (Å²) >= 11 is 18.4. The van der Waals surface area contributed by atoms with E-state index in [4.69, 9.17) is 34.8 Å². The third kappa shape index (κ3) is 9.13. The molecule has 0 aliphatic heterocycles. The number of hydrogen-bond acceptors (Lipinski definition) is 4. The summed E-state index contributed by atoms with van der Waals surface area (Å²) in [6.45, 7) is 1.96. The Balaban J connectivity index is 2.04. The van der Waals surface area contributed by atoms with E-state index in [1.807, 2.05) is 37.3 Å². The molecule has 0 aliphatic rings. The number of carbonyl (C=O) groups is 2. The Kier molecular flexibility index (Phi) is 11.7. The summed E-state index contributed by atoms with van der Waals surface area (Å²) in [5, 5.41) is 4.03. The Morgan fingerprint density at radius 3 is 2.17 bits per heavy atom. The first-order chi connectivity index (χ1) is 19.0. The number of benzene rings is 3. The zero-order valence-corrected chi connectivity index (χ0v) is 25.4. The van der Waals surface area contributed by atoms with E-state index in [0.29, 0.717) is 27.2 Å². The van der Waals surface area contributed by atoms with Gasteiger partial charge in [0.15, 0.2) is 0 Å². The number of carbonyl (C=O) groups excluding carboxylic acids is 2. The van der Waals surface area contributed by atoms with Gasteiger partial charge in [-0.1, -0.05) is 84.5 Å². The highest BCUT2D eigenvalue weighted by atomic mass is 35.5. The lowest BCUT2D eigenvalue weighted by Crippen LogP contribution is -2.53. The van der Waals surface area contributed by atoms with Crippen molar-refractivity contribution in [3.05, 3.63) is 99.0 Å². The molecule has 1 atom stereocenters. The standard InChI is InChI=1S/C29H32Cl3N3O4S/c1-3-4-16-33-29(37)27(18-21-8-6-5-7-9-21)34(19-22-10-15-25(31)26(32)17-22)28(36)20-35(40(2,38)39)24-13-11-23(30)12-14-24/h5-15,17,27H,3-4,16,18-20H2,1-2H3,(H,33,37). The van der Waals surface area contributed by atoms with Gasteiger partial charge in [0, 0.05) is 24.5 Å². The maximum Gasteiger partial charge on any atom is 0.244 e. The van der Waals surface area contributed by atoms with Crippen LogP contribution in [0.1, 0.15) is 30.9 Å². The number of nitrogens with zero attached hydrogens (tertiary/aromatic N) is 2. The van der Waals surface area contributed by atoms with Crippen LogP contribution in [-0.2, 0) is 32.6 Å². The van der Waals surface area contributed by atoms with E-state index in [1.165, 1.54) is 17.0 Å². The second kappa shape index (κ2) is 14.7. The van der Waals surface area contributed by atoms with Gasteiger partial charge in [-0.15, -0.1) is 0 Å². The number of amides is 2. The van der Waals surface area contributed by atoms with Crippen molar-refractivity contribution in [2.24, 2.45) is 0 Å². The molecule has 0 bridgehead atoms. The minimum absolute atomic E-state index is 0.00659. The summed E-state index contributed by atoms with van der Waals surface area (Å²) < 4.78 is 26.6. The fourth-order valence-corrected chi connectivity index (χ4v) is 5.41. The molecule has 214 valence electrons. The second-order valence-corrected chi connectivity index (χ2v) is 12.5. The molecule has 0 spiro atoms. The lowest BCUT2D eigenvalue weighted by Gasteiger charge is -2.33. The van der Waals surface area contributed by atoms with Gasteiger partial charge in [-0.25, -0.2) is 8.42 Å². The third-order valence-corrected chi connectivity index (χ3v) is 8.36. The van der Waals surface area contributed by atoms with Gasteiger partial charge < -0.3 is 10.2 Å². The Morgan fingerprint density at radius 1 is 0.900 bits per heavy atom. The van der Waals surface area contributed by atoms with Crippen molar-refractivity contribution in [3.63, 3.8) is 0 Å².